The molecule has 1 N–H and O–H groups in total. The van der Waals surface area contributed by atoms with E-state index in [0.29, 0.717) is 13.1 Å². The van der Waals surface area contributed by atoms with E-state index in [1.54, 1.807) is 4.90 Å². The van der Waals surface area contributed by atoms with E-state index in [-0.39, 0.29) is 24.6 Å². The van der Waals surface area contributed by atoms with Crippen molar-refractivity contribution in [1.82, 2.24) is 10.2 Å². The number of hydrogen-bond donors (Lipinski definition) is 1. The zero-order valence-corrected chi connectivity index (χ0v) is 12.2. The molecule has 1 aliphatic rings. The Hall–Kier alpha value is -1.30. The average Bonchev–Trinajstić information content (AvgIpc) is 2.75. The van der Waals surface area contributed by atoms with Gasteiger partial charge in [-0.05, 0) is 33.6 Å². The Morgan fingerprint density at radius 1 is 1.37 bits per heavy atom. The summed E-state index contributed by atoms with van der Waals surface area (Å²) >= 11 is 0. The zero-order valence-electron chi connectivity index (χ0n) is 12.2. The van der Waals surface area contributed by atoms with Gasteiger partial charge in [0, 0.05) is 19.1 Å². The molecule has 19 heavy (non-hydrogen) atoms. The molecule has 6 nitrogen and oxygen atoms in total. The monoisotopic (exact) mass is 272 g/mol. The Balaban J connectivity index is 2.41. The first kappa shape index (κ1) is 15.8. The number of likely N-dealkylation sites (tertiary alicyclic amines) is 1. The second-order valence-corrected chi connectivity index (χ2v) is 5.68. The van der Waals surface area contributed by atoms with Crippen molar-refractivity contribution < 1.29 is 19.1 Å². The highest BCUT2D eigenvalue weighted by Crippen LogP contribution is 2.20. The van der Waals surface area contributed by atoms with Gasteiger partial charge in [-0.15, -0.1) is 0 Å². The SMILES string of the molecule is COC(=O)CNC[C@H]1CCCN1C(=O)OC(C)(C)C. The summed E-state index contributed by atoms with van der Waals surface area (Å²) in [6.45, 7) is 7.01. The van der Waals surface area contributed by atoms with Gasteiger partial charge in [0.2, 0.25) is 0 Å². The van der Waals surface area contributed by atoms with Crippen LogP contribution in [0.2, 0.25) is 0 Å². The van der Waals surface area contributed by atoms with Crippen LogP contribution in [0.5, 0.6) is 0 Å². The molecule has 1 fully saturated rings. The molecule has 1 rings (SSSR count). The second kappa shape index (κ2) is 6.75. The van der Waals surface area contributed by atoms with Crippen molar-refractivity contribution in [2.45, 2.75) is 45.3 Å². The lowest BCUT2D eigenvalue weighted by Gasteiger charge is -2.28. The van der Waals surface area contributed by atoms with Crippen LogP contribution >= 0.6 is 0 Å². The predicted octanol–water partition coefficient (Wildman–Crippen LogP) is 1.15. The standard InChI is InChI=1S/C13H24N2O4/c1-13(2,3)19-12(17)15-7-5-6-10(15)8-14-9-11(16)18-4/h10,14H,5-9H2,1-4H3/t10-/m1/s1. The molecule has 0 aliphatic carbocycles. The number of methoxy groups -OCH3 is 1. The third-order valence-electron chi connectivity index (χ3n) is 2.88. The molecule has 0 radical (unpaired) electrons. The molecule has 1 amide bonds. The summed E-state index contributed by atoms with van der Waals surface area (Å²) in [6, 6.07) is 0.0829. The molecule has 0 bridgehead atoms. The summed E-state index contributed by atoms with van der Waals surface area (Å²) in [5, 5.41) is 3.00. The number of esters is 1. The van der Waals surface area contributed by atoms with Crippen LogP contribution in [0.1, 0.15) is 33.6 Å². The van der Waals surface area contributed by atoms with Crippen molar-refractivity contribution in [1.29, 1.82) is 0 Å². The Morgan fingerprint density at radius 3 is 2.63 bits per heavy atom. The first-order valence-electron chi connectivity index (χ1n) is 6.60. The fraction of sp³-hybridized carbons (Fsp3) is 0.846. The maximum Gasteiger partial charge on any atom is 0.410 e. The maximum absolute atomic E-state index is 12.0. The van der Waals surface area contributed by atoms with Gasteiger partial charge < -0.3 is 19.7 Å². The molecule has 1 aliphatic heterocycles. The van der Waals surface area contributed by atoms with Gasteiger partial charge in [-0.1, -0.05) is 0 Å². The maximum atomic E-state index is 12.0. The van der Waals surface area contributed by atoms with Gasteiger partial charge >= 0.3 is 12.1 Å². The van der Waals surface area contributed by atoms with Gasteiger partial charge in [0.15, 0.2) is 0 Å². The molecular weight excluding hydrogens is 248 g/mol. The van der Waals surface area contributed by atoms with Crippen LogP contribution in [0.15, 0.2) is 0 Å². The van der Waals surface area contributed by atoms with Gasteiger partial charge in [-0.25, -0.2) is 4.79 Å². The number of rotatable bonds is 4. The van der Waals surface area contributed by atoms with Crippen LogP contribution in [-0.2, 0) is 14.3 Å². The third kappa shape index (κ3) is 5.46. The minimum Gasteiger partial charge on any atom is -0.468 e. The molecule has 0 saturated carbocycles. The van der Waals surface area contributed by atoms with Crippen LogP contribution in [0.4, 0.5) is 4.79 Å². The molecule has 1 heterocycles. The molecule has 110 valence electrons. The van der Waals surface area contributed by atoms with Crippen LogP contribution in [0.25, 0.3) is 0 Å². The fourth-order valence-electron chi connectivity index (χ4n) is 2.02. The lowest BCUT2D eigenvalue weighted by Crippen LogP contribution is -2.44. The molecule has 6 heteroatoms. The van der Waals surface area contributed by atoms with Gasteiger partial charge in [-0.3, -0.25) is 4.79 Å². The predicted molar refractivity (Wildman–Crippen MR) is 70.8 cm³/mol. The number of nitrogens with one attached hydrogen (secondary N) is 1. The minimum atomic E-state index is -0.482. The van der Waals surface area contributed by atoms with Crippen LogP contribution < -0.4 is 5.32 Å². The smallest absolute Gasteiger partial charge is 0.410 e. The number of carbonyl (C=O) groups excluding carboxylic acids is 2. The first-order valence-corrected chi connectivity index (χ1v) is 6.60. The number of hydrogen-bond acceptors (Lipinski definition) is 5. The van der Waals surface area contributed by atoms with Crippen LogP contribution in [0.3, 0.4) is 0 Å². The molecule has 1 atom stereocenters. The molecular formula is C13H24N2O4. The molecule has 0 aromatic rings. The van der Waals surface area contributed by atoms with Gasteiger partial charge in [0.05, 0.1) is 13.7 Å². The topological polar surface area (TPSA) is 67.9 Å². The van der Waals surface area contributed by atoms with E-state index in [1.807, 2.05) is 20.8 Å². The summed E-state index contributed by atoms with van der Waals surface area (Å²) in [7, 11) is 1.35. The van der Waals surface area contributed by atoms with Crippen molar-refractivity contribution in [3.8, 4) is 0 Å². The summed E-state index contributed by atoms with van der Waals surface area (Å²) in [5.41, 5.74) is -0.482. The molecule has 0 aromatic carbocycles. The van der Waals surface area contributed by atoms with E-state index in [1.165, 1.54) is 7.11 Å². The van der Waals surface area contributed by atoms with E-state index in [0.717, 1.165) is 12.8 Å². The molecule has 0 spiro atoms. The molecule has 1 saturated heterocycles. The van der Waals surface area contributed by atoms with E-state index >= 15 is 0 Å². The Labute approximate surface area is 114 Å². The van der Waals surface area contributed by atoms with Crippen molar-refractivity contribution >= 4 is 12.1 Å². The zero-order chi connectivity index (χ0) is 14.5. The highest BCUT2D eigenvalue weighted by atomic mass is 16.6. The first-order chi connectivity index (χ1) is 8.83. The number of ether oxygens (including phenoxy) is 2. The van der Waals surface area contributed by atoms with Gasteiger partial charge in [0.1, 0.15) is 5.60 Å². The lowest BCUT2D eigenvalue weighted by atomic mass is 10.2. The van der Waals surface area contributed by atoms with E-state index < -0.39 is 5.60 Å². The largest absolute Gasteiger partial charge is 0.468 e. The summed E-state index contributed by atoms with van der Waals surface area (Å²) in [4.78, 5) is 24.7. The van der Waals surface area contributed by atoms with E-state index in [9.17, 15) is 9.59 Å². The van der Waals surface area contributed by atoms with Crippen molar-refractivity contribution in [3.63, 3.8) is 0 Å². The fourth-order valence-corrected chi connectivity index (χ4v) is 2.02. The normalized spacial score (nSPS) is 19.4. The third-order valence-corrected chi connectivity index (χ3v) is 2.88. The van der Waals surface area contributed by atoms with Crippen molar-refractivity contribution in [2.24, 2.45) is 0 Å². The highest BCUT2D eigenvalue weighted by Gasteiger charge is 2.31. The van der Waals surface area contributed by atoms with Gasteiger partial charge in [-0.2, -0.15) is 0 Å². The second-order valence-electron chi connectivity index (χ2n) is 5.68. The number of amides is 1. The van der Waals surface area contributed by atoms with Crippen molar-refractivity contribution in [3.05, 3.63) is 0 Å². The minimum absolute atomic E-state index is 0.0829. The Morgan fingerprint density at radius 2 is 2.05 bits per heavy atom. The van der Waals surface area contributed by atoms with Crippen LogP contribution in [0, 0.1) is 0 Å². The molecule has 0 unspecified atom stereocenters. The molecule has 0 aromatic heterocycles. The van der Waals surface area contributed by atoms with Gasteiger partial charge in [0.25, 0.3) is 0 Å². The lowest BCUT2D eigenvalue weighted by molar-refractivity contribution is -0.139. The van der Waals surface area contributed by atoms with Crippen molar-refractivity contribution in [2.75, 3.05) is 26.7 Å². The summed E-state index contributed by atoms with van der Waals surface area (Å²) in [6.07, 6.45) is 1.60. The number of carbonyl (C=O) groups is 2. The Kier molecular flexibility index (Phi) is 5.60. The summed E-state index contributed by atoms with van der Waals surface area (Å²) < 4.78 is 9.92. The quantitative estimate of drug-likeness (QED) is 0.778. The average molecular weight is 272 g/mol. The van der Waals surface area contributed by atoms with Crippen LogP contribution in [-0.4, -0.2) is 55.3 Å². The highest BCUT2D eigenvalue weighted by molar-refractivity contribution is 5.71. The Bertz CT molecular complexity index is 325. The van der Waals surface area contributed by atoms with E-state index in [4.69, 9.17) is 4.74 Å². The van der Waals surface area contributed by atoms with E-state index in [2.05, 4.69) is 10.1 Å². The number of nitrogens with zero attached hydrogens (tertiary/aromatic N) is 1. The summed E-state index contributed by atoms with van der Waals surface area (Å²) in [5.74, 6) is -0.304.